The van der Waals surface area contributed by atoms with Crippen molar-refractivity contribution in [3.63, 3.8) is 0 Å². The second-order valence-electron chi connectivity index (χ2n) is 7.82. The molecule has 8 nitrogen and oxygen atoms in total. The number of hydrogen-bond acceptors (Lipinski definition) is 9. The number of hydrazine groups is 1. The fourth-order valence-electron chi connectivity index (χ4n) is 3.83. The van der Waals surface area contributed by atoms with E-state index in [2.05, 4.69) is 45.0 Å². The molecule has 0 radical (unpaired) electrons. The van der Waals surface area contributed by atoms with Gasteiger partial charge in [0.05, 0.1) is 5.54 Å². The van der Waals surface area contributed by atoms with Crippen molar-refractivity contribution in [2.24, 2.45) is 5.92 Å². The highest BCUT2D eigenvalue weighted by atomic mass is 32.1. The highest BCUT2D eigenvalue weighted by Gasteiger charge is 2.36. The van der Waals surface area contributed by atoms with Gasteiger partial charge in [-0.1, -0.05) is 0 Å². The van der Waals surface area contributed by atoms with E-state index in [0.29, 0.717) is 23.8 Å². The summed E-state index contributed by atoms with van der Waals surface area (Å²) in [6, 6.07) is 0.484. The molecule has 9 heteroatoms. The summed E-state index contributed by atoms with van der Waals surface area (Å²) in [6.07, 6.45) is 3.28. The molecule has 140 valence electrons. The molecule has 0 bridgehead atoms. The molecule has 1 saturated heterocycles. The molecule has 5 N–H and O–H groups in total. The van der Waals surface area contributed by atoms with E-state index in [1.54, 1.807) is 11.3 Å². The third-order valence-corrected chi connectivity index (χ3v) is 6.54. The van der Waals surface area contributed by atoms with Crippen LogP contribution in [0.5, 0.6) is 0 Å². The van der Waals surface area contributed by atoms with E-state index in [9.17, 15) is 0 Å². The predicted octanol–water partition coefficient (Wildman–Crippen LogP) is 1.93. The largest absolute Gasteiger partial charge is 0.368 e. The molecule has 1 aliphatic carbocycles. The Morgan fingerprint density at radius 1 is 1.23 bits per heavy atom. The zero-order chi connectivity index (χ0) is 18.3. The van der Waals surface area contributed by atoms with Gasteiger partial charge in [0.2, 0.25) is 11.9 Å². The number of hydrogen-bond donors (Lipinski definition) is 4. The minimum absolute atomic E-state index is 0.267. The van der Waals surface area contributed by atoms with Gasteiger partial charge in [-0.3, -0.25) is 10.9 Å². The molecule has 0 aromatic carbocycles. The Hall–Kier alpha value is -1.84. The molecule has 3 atom stereocenters. The quantitative estimate of drug-likeness (QED) is 0.642. The second-order valence-corrected chi connectivity index (χ2v) is 8.68. The molecular formula is C17H26N8S. The van der Waals surface area contributed by atoms with Crippen molar-refractivity contribution in [1.82, 2.24) is 30.8 Å². The van der Waals surface area contributed by atoms with Crippen LogP contribution in [0.1, 0.15) is 55.6 Å². The van der Waals surface area contributed by atoms with Crippen LogP contribution in [0.25, 0.3) is 0 Å². The fourth-order valence-corrected chi connectivity index (χ4v) is 4.71. The van der Waals surface area contributed by atoms with Crippen molar-refractivity contribution in [2.75, 3.05) is 17.6 Å². The lowest BCUT2D eigenvalue weighted by Crippen LogP contribution is -2.36. The number of aromatic nitrogens is 4. The Bertz CT molecular complexity index is 789. The van der Waals surface area contributed by atoms with Crippen molar-refractivity contribution in [3.05, 3.63) is 21.9 Å². The van der Waals surface area contributed by atoms with Gasteiger partial charge in [-0.2, -0.15) is 15.0 Å². The monoisotopic (exact) mass is 374 g/mol. The minimum atomic E-state index is -0.376. The first-order valence-electron chi connectivity index (χ1n) is 9.11. The number of anilines is 2. The number of nitrogens with one attached hydrogen (secondary N) is 3. The van der Waals surface area contributed by atoms with Crippen LogP contribution in [0.2, 0.25) is 0 Å². The van der Waals surface area contributed by atoms with Gasteiger partial charge in [-0.25, -0.2) is 4.98 Å². The molecule has 0 spiro atoms. The summed E-state index contributed by atoms with van der Waals surface area (Å²) in [6.45, 7) is 7.19. The Morgan fingerprint density at radius 3 is 2.85 bits per heavy atom. The summed E-state index contributed by atoms with van der Waals surface area (Å²) >= 11 is 1.63. The lowest BCUT2D eigenvalue weighted by molar-refractivity contribution is 0.296. The van der Waals surface area contributed by atoms with E-state index < -0.39 is 0 Å². The number of aryl methyl sites for hydroxylation is 1. The van der Waals surface area contributed by atoms with Crippen molar-refractivity contribution < 1.29 is 0 Å². The molecule has 2 fully saturated rings. The lowest BCUT2D eigenvalue weighted by Gasteiger charge is -2.30. The normalized spacial score (nSPS) is 25.9. The molecule has 2 aromatic heterocycles. The fraction of sp³-hybridized carbons (Fsp3) is 0.647. The third kappa shape index (κ3) is 3.51. The number of nitrogens with zero attached hydrogens (tertiary/aromatic N) is 4. The molecular weight excluding hydrogens is 348 g/mol. The Kier molecular flexibility index (Phi) is 4.54. The van der Waals surface area contributed by atoms with Crippen LogP contribution in [-0.2, 0) is 5.54 Å². The first-order valence-corrected chi connectivity index (χ1v) is 9.99. The van der Waals surface area contributed by atoms with Gasteiger partial charge in [-0.05, 0) is 46.0 Å². The van der Waals surface area contributed by atoms with E-state index in [0.717, 1.165) is 35.9 Å². The highest BCUT2D eigenvalue weighted by Crippen LogP contribution is 2.36. The summed E-state index contributed by atoms with van der Waals surface area (Å²) in [5.41, 5.74) is 13.3. The molecule has 1 saturated carbocycles. The predicted molar refractivity (Wildman–Crippen MR) is 103 cm³/mol. The van der Waals surface area contributed by atoms with Gasteiger partial charge in [0.15, 0.2) is 0 Å². The molecule has 3 heterocycles. The Balaban J connectivity index is 1.54. The smallest absolute Gasteiger partial charge is 0.228 e. The summed E-state index contributed by atoms with van der Waals surface area (Å²) in [5, 5.41) is 6.44. The van der Waals surface area contributed by atoms with Crippen molar-refractivity contribution in [1.29, 1.82) is 0 Å². The van der Waals surface area contributed by atoms with Crippen LogP contribution >= 0.6 is 11.3 Å². The molecule has 0 amide bonds. The summed E-state index contributed by atoms with van der Waals surface area (Å²) in [5.74, 6) is 2.58. The molecule has 26 heavy (non-hydrogen) atoms. The number of nitrogens with two attached hydrogens (primary N) is 1. The van der Waals surface area contributed by atoms with Crippen LogP contribution < -0.4 is 21.9 Å². The van der Waals surface area contributed by atoms with Crippen LogP contribution in [-0.4, -0.2) is 32.5 Å². The topological polar surface area (TPSA) is 114 Å². The Morgan fingerprint density at radius 2 is 2.08 bits per heavy atom. The first-order chi connectivity index (χ1) is 12.4. The van der Waals surface area contributed by atoms with Crippen molar-refractivity contribution in [2.45, 2.75) is 57.5 Å². The average Bonchev–Trinajstić information content (AvgIpc) is 3.22. The standard InChI is InChI=1S/C17H26N8S/c1-9-8-26-14(20-9)17(2,3)24-16-22-13(21-15(18)23-16)10-4-5-11-7-19-25-12(11)6-10/h8,10-12,19,25H,4-7H2,1-3H3,(H3,18,21,22,23,24). The molecule has 4 rings (SSSR count). The number of rotatable bonds is 4. The first kappa shape index (κ1) is 17.6. The Labute approximate surface area is 157 Å². The maximum Gasteiger partial charge on any atom is 0.228 e. The van der Waals surface area contributed by atoms with Crippen molar-refractivity contribution in [3.8, 4) is 0 Å². The van der Waals surface area contributed by atoms with Crippen LogP contribution in [0, 0.1) is 12.8 Å². The zero-order valence-corrected chi connectivity index (χ0v) is 16.2. The summed E-state index contributed by atoms with van der Waals surface area (Å²) < 4.78 is 0. The second kappa shape index (κ2) is 6.71. The van der Waals surface area contributed by atoms with E-state index >= 15 is 0 Å². The van der Waals surface area contributed by atoms with Gasteiger partial charge >= 0.3 is 0 Å². The third-order valence-electron chi connectivity index (χ3n) is 5.26. The average molecular weight is 375 g/mol. The molecule has 2 aromatic rings. The zero-order valence-electron chi connectivity index (χ0n) is 15.4. The van der Waals surface area contributed by atoms with E-state index in [4.69, 9.17) is 10.7 Å². The van der Waals surface area contributed by atoms with Gasteiger partial charge in [-0.15, -0.1) is 11.3 Å². The number of thiazole rings is 1. The van der Waals surface area contributed by atoms with Gasteiger partial charge in [0, 0.05) is 29.6 Å². The van der Waals surface area contributed by atoms with E-state index in [1.807, 2.05) is 12.3 Å². The van der Waals surface area contributed by atoms with Crippen LogP contribution in [0.15, 0.2) is 5.38 Å². The number of nitrogen functional groups attached to an aromatic ring is 1. The van der Waals surface area contributed by atoms with Gasteiger partial charge in [0.25, 0.3) is 0 Å². The van der Waals surface area contributed by atoms with Gasteiger partial charge < -0.3 is 11.1 Å². The molecule has 3 unspecified atom stereocenters. The summed E-state index contributed by atoms with van der Waals surface area (Å²) in [7, 11) is 0. The minimum Gasteiger partial charge on any atom is -0.368 e. The number of fused-ring (bicyclic) bond motifs is 1. The lowest BCUT2D eigenvalue weighted by atomic mass is 9.79. The van der Waals surface area contributed by atoms with Crippen LogP contribution in [0.3, 0.4) is 0 Å². The molecule has 1 aliphatic heterocycles. The maximum atomic E-state index is 5.99. The molecule has 2 aliphatic rings. The van der Waals surface area contributed by atoms with Crippen molar-refractivity contribution >= 4 is 23.2 Å². The maximum absolute atomic E-state index is 5.99. The van der Waals surface area contributed by atoms with Crippen LogP contribution in [0.4, 0.5) is 11.9 Å². The SMILES string of the molecule is Cc1csc(C(C)(C)Nc2nc(N)nc(C3CCC4CNNC4C3)n2)n1. The van der Waals surface area contributed by atoms with E-state index in [1.165, 1.54) is 6.42 Å². The summed E-state index contributed by atoms with van der Waals surface area (Å²) in [4.78, 5) is 18.0. The van der Waals surface area contributed by atoms with E-state index in [-0.39, 0.29) is 11.5 Å². The highest BCUT2D eigenvalue weighted by molar-refractivity contribution is 7.09. The van der Waals surface area contributed by atoms with Gasteiger partial charge in [0.1, 0.15) is 10.8 Å².